The Morgan fingerprint density at radius 1 is 1.30 bits per heavy atom. The number of benzene rings is 1. The summed E-state index contributed by atoms with van der Waals surface area (Å²) in [5, 5.41) is 3.66. The molecular formula is C16H20BrNS2. The number of rotatable bonds is 7. The molecule has 0 fully saturated rings. The van der Waals surface area contributed by atoms with Crippen molar-refractivity contribution in [3.8, 4) is 0 Å². The minimum Gasteiger partial charge on any atom is -0.309 e. The molecule has 0 aliphatic heterocycles. The average Bonchev–Trinajstić information content (AvgIpc) is 2.85. The standard InChI is InChI=1S/C16H20BrNS2/c1-3-9-18-15(16-8-7-12(2)20-16)11-19-14-6-4-5-13(17)10-14/h4-8,10,15,18H,3,9,11H2,1-2H3. The predicted octanol–water partition coefficient (Wildman–Crippen LogP) is 5.65. The number of halogens is 1. The monoisotopic (exact) mass is 369 g/mol. The molecule has 1 N–H and O–H groups in total. The molecule has 4 heteroatoms. The SMILES string of the molecule is CCCNC(CSc1cccc(Br)c1)c1ccc(C)s1. The Labute approximate surface area is 138 Å². The fraction of sp³-hybridized carbons (Fsp3) is 0.375. The molecule has 0 radical (unpaired) electrons. The van der Waals surface area contributed by atoms with Gasteiger partial charge in [0, 0.05) is 24.9 Å². The van der Waals surface area contributed by atoms with Gasteiger partial charge in [-0.15, -0.1) is 23.1 Å². The van der Waals surface area contributed by atoms with Crippen LogP contribution in [-0.2, 0) is 0 Å². The van der Waals surface area contributed by atoms with Crippen LogP contribution in [-0.4, -0.2) is 12.3 Å². The maximum Gasteiger partial charge on any atom is 0.0510 e. The molecule has 0 saturated heterocycles. The Morgan fingerprint density at radius 3 is 2.80 bits per heavy atom. The maximum absolute atomic E-state index is 3.66. The van der Waals surface area contributed by atoms with Crippen LogP contribution in [0.5, 0.6) is 0 Å². The van der Waals surface area contributed by atoms with E-state index in [-0.39, 0.29) is 0 Å². The first-order chi connectivity index (χ1) is 9.69. The Morgan fingerprint density at radius 2 is 2.15 bits per heavy atom. The van der Waals surface area contributed by atoms with Crippen molar-refractivity contribution in [2.75, 3.05) is 12.3 Å². The normalized spacial score (nSPS) is 12.6. The number of aryl methyl sites for hydroxylation is 1. The third-order valence-corrected chi connectivity index (χ3v) is 5.65. The van der Waals surface area contributed by atoms with Crippen molar-refractivity contribution in [1.29, 1.82) is 0 Å². The second kappa shape index (κ2) is 8.23. The first-order valence-electron chi connectivity index (χ1n) is 6.87. The molecule has 2 rings (SSSR count). The number of hydrogen-bond acceptors (Lipinski definition) is 3. The van der Waals surface area contributed by atoms with Gasteiger partial charge < -0.3 is 5.32 Å². The molecule has 108 valence electrons. The molecule has 0 spiro atoms. The van der Waals surface area contributed by atoms with Gasteiger partial charge in [0.2, 0.25) is 0 Å². The minimum absolute atomic E-state index is 0.442. The van der Waals surface area contributed by atoms with Crippen LogP contribution in [0.2, 0.25) is 0 Å². The zero-order chi connectivity index (χ0) is 14.4. The summed E-state index contributed by atoms with van der Waals surface area (Å²) in [6, 6.07) is 13.4. The second-order valence-electron chi connectivity index (χ2n) is 4.72. The van der Waals surface area contributed by atoms with Crippen molar-refractivity contribution in [3.63, 3.8) is 0 Å². The van der Waals surface area contributed by atoms with Crippen molar-refractivity contribution in [3.05, 3.63) is 50.6 Å². The highest BCUT2D eigenvalue weighted by atomic mass is 79.9. The Balaban J connectivity index is 2.00. The van der Waals surface area contributed by atoms with E-state index in [1.807, 2.05) is 23.1 Å². The topological polar surface area (TPSA) is 12.0 Å². The molecule has 1 unspecified atom stereocenters. The lowest BCUT2D eigenvalue weighted by atomic mass is 10.2. The van der Waals surface area contributed by atoms with E-state index in [4.69, 9.17) is 0 Å². The van der Waals surface area contributed by atoms with Gasteiger partial charge in [0.1, 0.15) is 0 Å². The first-order valence-corrected chi connectivity index (χ1v) is 9.46. The fourth-order valence-corrected chi connectivity index (χ4v) is 4.59. The van der Waals surface area contributed by atoms with E-state index in [2.05, 4.69) is 71.5 Å². The Kier molecular flexibility index (Phi) is 6.62. The third-order valence-electron chi connectivity index (χ3n) is 2.96. The summed E-state index contributed by atoms with van der Waals surface area (Å²) in [5.41, 5.74) is 0. The zero-order valence-electron chi connectivity index (χ0n) is 11.9. The molecular weight excluding hydrogens is 350 g/mol. The molecule has 0 amide bonds. The van der Waals surface area contributed by atoms with E-state index in [1.165, 1.54) is 21.1 Å². The Hall–Kier alpha value is -0.290. The van der Waals surface area contributed by atoms with Gasteiger partial charge in [-0.3, -0.25) is 0 Å². The van der Waals surface area contributed by atoms with Gasteiger partial charge in [0.15, 0.2) is 0 Å². The zero-order valence-corrected chi connectivity index (χ0v) is 15.1. The molecule has 1 nitrogen and oxygen atoms in total. The van der Waals surface area contributed by atoms with E-state index in [9.17, 15) is 0 Å². The fourth-order valence-electron chi connectivity index (χ4n) is 1.94. The number of thioether (sulfide) groups is 1. The number of nitrogens with one attached hydrogen (secondary N) is 1. The van der Waals surface area contributed by atoms with Gasteiger partial charge in [-0.25, -0.2) is 0 Å². The highest BCUT2D eigenvalue weighted by Crippen LogP contribution is 2.30. The molecule has 0 aliphatic rings. The van der Waals surface area contributed by atoms with Crippen molar-refractivity contribution in [2.45, 2.75) is 31.2 Å². The van der Waals surface area contributed by atoms with Gasteiger partial charge >= 0.3 is 0 Å². The molecule has 2 aromatic rings. The summed E-state index contributed by atoms with van der Waals surface area (Å²) in [6.45, 7) is 5.46. The quantitative estimate of drug-likeness (QED) is 0.632. The van der Waals surface area contributed by atoms with Crippen LogP contribution >= 0.6 is 39.0 Å². The largest absolute Gasteiger partial charge is 0.309 e. The molecule has 0 bridgehead atoms. The second-order valence-corrected chi connectivity index (χ2v) is 8.05. The lowest BCUT2D eigenvalue weighted by molar-refractivity contribution is 0.585. The first kappa shape index (κ1) is 16.1. The summed E-state index contributed by atoms with van der Waals surface area (Å²) in [7, 11) is 0. The summed E-state index contributed by atoms with van der Waals surface area (Å²) >= 11 is 7.34. The molecule has 1 aromatic carbocycles. The van der Waals surface area contributed by atoms with Crippen molar-refractivity contribution in [1.82, 2.24) is 5.32 Å². The van der Waals surface area contributed by atoms with E-state index < -0.39 is 0 Å². The minimum atomic E-state index is 0.442. The molecule has 1 heterocycles. The van der Waals surface area contributed by atoms with Crippen LogP contribution in [0.15, 0.2) is 45.8 Å². The summed E-state index contributed by atoms with van der Waals surface area (Å²) < 4.78 is 1.15. The third kappa shape index (κ3) is 4.92. The van der Waals surface area contributed by atoms with Crippen molar-refractivity contribution >= 4 is 39.0 Å². The smallest absolute Gasteiger partial charge is 0.0510 e. The van der Waals surface area contributed by atoms with Crippen molar-refractivity contribution in [2.24, 2.45) is 0 Å². The lowest BCUT2D eigenvalue weighted by Gasteiger charge is -2.17. The lowest BCUT2D eigenvalue weighted by Crippen LogP contribution is -2.23. The van der Waals surface area contributed by atoms with Crippen LogP contribution in [0, 0.1) is 6.92 Å². The summed E-state index contributed by atoms with van der Waals surface area (Å²) in [5.74, 6) is 1.07. The summed E-state index contributed by atoms with van der Waals surface area (Å²) in [4.78, 5) is 4.14. The van der Waals surface area contributed by atoms with E-state index in [1.54, 1.807) is 0 Å². The van der Waals surface area contributed by atoms with Gasteiger partial charge in [0.25, 0.3) is 0 Å². The van der Waals surface area contributed by atoms with E-state index in [0.29, 0.717) is 6.04 Å². The van der Waals surface area contributed by atoms with Crippen molar-refractivity contribution < 1.29 is 0 Å². The van der Waals surface area contributed by atoms with Crippen LogP contribution in [0.25, 0.3) is 0 Å². The average molecular weight is 370 g/mol. The van der Waals surface area contributed by atoms with Crippen LogP contribution in [0.1, 0.15) is 29.1 Å². The molecule has 1 aromatic heterocycles. The van der Waals surface area contributed by atoms with E-state index >= 15 is 0 Å². The number of thiophene rings is 1. The highest BCUT2D eigenvalue weighted by Gasteiger charge is 2.13. The van der Waals surface area contributed by atoms with Crippen LogP contribution in [0.4, 0.5) is 0 Å². The van der Waals surface area contributed by atoms with Gasteiger partial charge in [-0.1, -0.05) is 28.9 Å². The van der Waals surface area contributed by atoms with Crippen LogP contribution < -0.4 is 5.32 Å². The summed E-state index contributed by atoms with van der Waals surface area (Å²) in [6.07, 6.45) is 1.17. The van der Waals surface area contributed by atoms with Gasteiger partial charge in [0.05, 0.1) is 6.04 Å². The molecule has 1 atom stereocenters. The molecule has 0 aliphatic carbocycles. The van der Waals surface area contributed by atoms with Crippen LogP contribution in [0.3, 0.4) is 0 Å². The maximum atomic E-state index is 3.66. The predicted molar refractivity (Wildman–Crippen MR) is 95.0 cm³/mol. The van der Waals surface area contributed by atoms with E-state index in [0.717, 1.165) is 16.8 Å². The molecule has 0 saturated carbocycles. The highest BCUT2D eigenvalue weighted by molar-refractivity contribution is 9.10. The van der Waals surface area contributed by atoms with Gasteiger partial charge in [-0.05, 0) is 50.2 Å². The molecule has 20 heavy (non-hydrogen) atoms. The number of hydrogen-bond donors (Lipinski definition) is 1. The van der Waals surface area contributed by atoms with Gasteiger partial charge in [-0.2, -0.15) is 0 Å². The Bertz CT molecular complexity index is 539.